The van der Waals surface area contributed by atoms with Crippen LogP contribution in [0.3, 0.4) is 0 Å². The molecule has 50 heavy (non-hydrogen) atoms. The monoisotopic (exact) mass is 683 g/mol. The van der Waals surface area contributed by atoms with E-state index < -0.39 is 5.91 Å². The first-order valence-electron chi connectivity index (χ1n) is 16.6. The Hall–Kier alpha value is -5.27. The van der Waals surface area contributed by atoms with Crippen LogP contribution < -0.4 is 25.0 Å². The van der Waals surface area contributed by atoms with Gasteiger partial charge in [-0.05, 0) is 75.3 Å². The number of hydrogen-bond donors (Lipinski definition) is 2. The van der Waals surface area contributed by atoms with Crippen LogP contribution in [-0.4, -0.2) is 97.7 Å². The molecule has 13 heteroatoms. The van der Waals surface area contributed by atoms with E-state index in [9.17, 15) is 9.59 Å². The number of ether oxygens (including phenoxy) is 3. The summed E-state index contributed by atoms with van der Waals surface area (Å²) in [6.45, 7) is 10.2. The SMILES string of the molecule is COc1cc(C(=O)N2CCOCC2)ccc1Oc1nc(Nc2ccc(N3CCN(C)C(C)C3)c(F)c2)ncc1C(=O)Nc1c(C)cccc1C. The van der Waals surface area contributed by atoms with E-state index in [0.717, 1.165) is 30.8 Å². The molecule has 0 aliphatic carbocycles. The minimum atomic E-state index is -0.487. The van der Waals surface area contributed by atoms with Gasteiger partial charge in [0.1, 0.15) is 11.4 Å². The number of carbonyl (C=O) groups is 2. The number of para-hydroxylation sites is 1. The van der Waals surface area contributed by atoms with Gasteiger partial charge in [-0.2, -0.15) is 4.98 Å². The number of anilines is 4. The second-order valence-corrected chi connectivity index (χ2v) is 12.6. The van der Waals surface area contributed by atoms with E-state index in [0.29, 0.717) is 55.0 Å². The molecular weight excluding hydrogens is 641 g/mol. The first-order chi connectivity index (χ1) is 24.1. The van der Waals surface area contributed by atoms with Gasteiger partial charge in [0, 0.05) is 61.9 Å². The number of morpholine rings is 1. The Morgan fingerprint density at radius 3 is 2.44 bits per heavy atom. The molecule has 3 aromatic carbocycles. The maximum Gasteiger partial charge on any atom is 0.262 e. The summed E-state index contributed by atoms with van der Waals surface area (Å²) in [5, 5.41) is 6.01. The largest absolute Gasteiger partial charge is 0.493 e. The van der Waals surface area contributed by atoms with Crippen LogP contribution in [0.15, 0.2) is 60.8 Å². The van der Waals surface area contributed by atoms with E-state index in [-0.39, 0.29) is 40.6 Å². The highest BCUT2D eigenvalue weighted by Crippen LogP contribution is 2.35. The van der Waals surface area contributed by atoms with Crippen molar-refractivity contribution in [3.8, 4) is 17.4 Å². The van der Waals surface area contributed by atoms with E-state index in [1.54, 1.807) is 35.2 Å². The highest BCUT2D eigenvalue weighted by molar-refractivity contribution is 6.06. The summed E-state index contributed by atoms with van der Waals surface area (Å²) in [5.74, 6) is -0.492. The molecule has 0 radical (unpaired) electrons. The second kappa shape index (κ2) is 15.1. The van der Waals surface area contributed by atoms with Crippen LogP contribution >= 0.6 is 0 Å². The minimum absolute atomic E-state index is 0.0550. The summed E-state index contributed by atoms with van der Waals surface area (Å²) < 4.78 is 32.6. The molecule has 0 saturated carbocycles. The molecule has 1 unspecified atom stereocenters. The zero-order valence-corrected chi connectivity index (χ0v) is 29.0. The lowest BCUT2D eigenvalue weighted by Gasteiger charge is -2.39. The number of nitrogens with one attached hydrogen (secondary N) is 2. The molecule has 4 aromatic rings. The van der Waals surface area contributed by atoms with E-state index in [4.69, 9.17) is 14.2 Å². The van der Waals surface area contributed by atoms with Gasteiger partial charge in [-0.1, -0.05) is 18.2 Å². The molecule has 2 aliphatic rings. The lowest BCUT2D eigenvalue weighted by molar-refractivity contribution is 0.0302. The van der Waals surface area contributed by atoms with Gasteiger partial charge in [-0.3, -0.25) is 9.59 Å². The fourth-order valence-corrected chi connectivity index (χ4v) is 6.03. The summed E-state index contributed by atoms with van der Waals surface area (Å²) in [4.78, 5) is 41.8. The van der Waals surface area contributed by atoms with Gasteiger partial charge < -0.3 is 39.5 Å². The van der Waals surface area contributed by atoms with Gasteiger partial charge in [-0.15, -0.1) is 0 Å². The number of aryl methyl sites for hydroxylation is 2. The summed E-state index contributed by atoms with van der Waals surface area (Å²) in [6, 6.07) is 15.8. The number of nitrogens with zero attached hydrogens (tertiary/aromatic N) is 5. The zero-order chi connectivity index (χ0) is 35.4. The van der Waals surface area contributed by atoms with Crippen molar-refractivity contribution in [1.29, 1.82) is 0 Å². The molecule has 3 heterocycles. The van der Waals surface area contributed by atoms with E-state index in [1.165, 1.54) is 19.4 Å². The third kappa shape index (κ3) is 7.63. The number of benzene rings is 3. The van der Waals surface area contributed by atoms with Crippen molar-refractivity contribution < 1.29 is 28.2 Å². The van der Waals surface area contributed by atoms with Crippen molar-refractivity contribution in [1.82, 2.24) is 19.8 Å². The Bertz CT molecular complexity index is 1860. The van der Waals surface area contributed by atoms with Gasteiger partial charge >= 0.3 is 0 Å². The molecule has 0 bridgehead atoms. The fraction of sp³-hybridized carbons (Fsp3) is 0.351. The Morgan fingerprint density at radius 1 is 0.980 bits per heavy atom. The molecule has 1 aromatic heterocycles. The number of carbonyl (C=O) groups excluding carboxylic acids is 2. The fourth-order valence-electron chi connectivity index (χ4n) is 6.03. The van der Waals surface area contributed by atoms with Gasteiger partial charge in [0.2, 0.25) is 11.8 Å². The average Bonchev–Trinajstić information content (AvgIpc) is 3.11. The number of halogens is 1. The lowest BCUT2D eigenvalue weighted by atomic mass is 10.1. The number of hydrogen-bond acceptors (Lipinski definition) is 10. The quantitative estimate of drug-likeness (QED) is 0.229. The number of aromatic nitrogens is 2. The van der Waals surface area contributed by atoms with Crippen LogP contribution in [0.4, 0.5) is 27.4 Å². The van der Waals surface area contributed by atoms with Gasteiger partial charge in [0.25, 0.3) is 11.8 Å². The van der Waals surface area contributed by atoms with Crippen LogP contribution in [0.2, 0.25) is 0 Å². The second-order valence-electron chi connectivity index (χ2n) is 12.6. The van der Waals surface area contributed by atoms with Gasteiger partial charge in [0.15, 0.2) is 11.5 Å². The van der Waals surface area contributed by atoms with E-state index in [1.807, 2.05) is 36.9 Å². The molecule has 0 spiro atoms. The zero-order valence-electron chi connectivity index (χ0n) is 29.0. The van der Waals surface area contributed by atoms with Crippen molar-refractivity contribution in [2.45, 2.75) is 26.8 Å². The van der Waals surface area contributed by atoms with E-state index in [2.05, 4.69) is 39.5 Å². The third-order valence-electron chi connectivity index (χ3n) is 9.14. The van der Waals surface area contributed by atoms with Crippen LogP contribution in [-0.2, 0) is 4.74 Å². The highest BCUT2D eigenvalue weighted by atomic mass is 19.1. The maximum atomic E-state index is 15.4. The van der Waals surface area contributed by atoms with Gasteiger partial charge in [-0.25, -0.2) is 9.37 Å². The molecule has 262 valence electrons. The molecule has 2 aliphatic heterocycles. The minimum Gasteiger partial charge on any atom is -0.493 e. The summed E-state index contributed by atoms with van der Waals surface area (Å²) in [7, 11) is 3.54. The molecule has 2 amide bonds. The summed E-state index contributed by atoms with van der Waals surface area (Å²) >= 11 is 0. The number of amides is 2. The Balaban J connectivity index is 1.29. The van der Waals surface area contributed by atoms with Crippen molar-refractivity contribution in [3.63, 3.8) is 0 Å². The topological polar surface area (TPSA) is 121 Å². The van der Waals surface area contributed by atoms with Crippen LogP contribution in [0.25, 0.3) is 0 Å². The maximum absolute atomic E-state index is 15.4. The van der Waals surface area contributed by atoms with Crippen molar-refractivity contribution in [3.05, 3.63) is 88.9 Å². The van der Waals surface area contributed by atoms with Crippen molar-refractivity contribution in [2.75, 3.05) is 75.6 Å². The summed E-state index contributed by atoms with van der Waals surface area (Å²) in [6.07, 6.45) is 1.35. The standard InChI is InChI=1S/C37H42FN7O5/c1-23-7-6-8-24(2)33(23)41-34(46)28-21-39-37(40-27-10-11-30(29(38)20-27)45-14-13-43(4)25(3)22-45)42-35(28)50-31-12-9-26(19-32(31)48-5)36(47)44-15-17-49-18-16-44/h6-12,19-21,25H,13-18,22H2,1-5H3,(H,41,46)(H,39,40,42). The molecule has 1 atom stereocenters. The Morgan fingerprint density at radius 2 is 1.74 bits per heavy atom. The lowest BCUT2D eigenvalue weighted by Crippen LogP contribution is -2.50. The first kappa shape index (κ1) is 34.6. The Kier molecular flexibility index (Phi) is 10.4. The molecule has 2 fully saturated rings. The average molecular weight is 684 g/mol. The van der Waals surface area contributed by atoms with Crippen LogP contribution in [0, 0.1) is 19.7 Å². The molecule has 2 N–H and O–H groups in total. The number of likely N-dealkylation sites (N-methyl/N-ethyl adjacent to an activating group) is 1. The first-order valence-corrected chi connectivity index (χ1v) is 16.6. The number of methoxy groups -OCH3 is 1. The Labute approximate surface area is 291 Å². The summed E-state index contributed by atoms with van der Waals surface area (Å²) in [5.41, 5.74) is 3.87. The molecule has 2 saturated heterocycles. The van der Waals surface area contributed by atoms with Crippen molar-refractivity contribution >= 4 is 34.8 Å². The number of rotatable bonds is 9. The van der Waals surface area contributed by atoms with Crippen LogP contribution in [0.5, 0.6) is 17.4 Å². The highest BCUT2D eigenvalue weighted by Gasteiger charge is 2.25. The normalized spacial score (nSPS) is 16.6. The van der Waals surface area contributed by atoms with Gasteiger partial charge in [0.05, 0.1) is 26.0 Å². The number of piperazine rings is 1. The molecule has 12 nitrogen and oxygen atoms in total. The van der Waals surface area contributed by atoms with Crippen LogP contribution in [0.1, 0.15) is 38.8 Å². The molecular formula is C37H42FN7O5. The predicted molar refractivity (Wildman–Crippen MR) is 190 cm³/mol. The molecule has 6 rings (SSSR count). The smallest absolute Gasteiger partial charge is 0.262 e. The third-order valence-corrected chi connectivity index (χ3v) is 9.14. The predicted octanol–water partition coefficient (Wildman–Crippen LogP) is 5.64. The van der Waals surface area contributed by atoms with Crippen molar-refractivity contribution in [2.24, 2.45) is 0 Å². The van der Waals surface area contributed by atoms with E-state index >= 15 is 4.39 Å².